The first-order chi connectivity index (χ1) is 8.66. The average molecular weight is 259 g/mol. The van der Waals surface area contributed by atoms with Crippen molar-refractivity contribution in [3.05, 3.63) is 47.1 Å². The van der Waals surface area contributed by atoms with Crippen LogP contribution in [-0.4, -0.2) is 14.5 Å². The largest absolute Gasteiger partial charge is 0.369 e. The van der Waals surface area contributed by atoms with Crippen LogP contribution in [0, 0.1) is 6.92 Å². The number of aryl methyl sites for hydroxylation is 1. The van der Waals surface area contributed by atoms with Gasteiger partial charge in [-0.05, 0) is 36.8 Å². The predicted octanol–water partition coefficient (Wildman–Crippen LogP) is 2.96. The summed E-state index contributed by atoms with van der Waals surface area (Å²) in [5.41, 5.74) is 9.44. The fraction of sp³-hybridized carbons (Fsp3) is 0.0769. The molecular formula is C13H11ClN4. The molecule has 0 aliphatic carbocycles. The molecule has 0 saturated heterocycles. The van der Waals surface area contributed by atoms with Crippen molar-refractivity contribution >= 4 is 28.7 Å². The molecule has 18 heavy (non-hydrogen) atoms. The first-order valence-corrected chi connectivity index (χ1v) is 5.90. The summed E-state index contributed by atoms with van der Waals surface area (Å²) in [5, 5.41) is 0.654. The van der Waals surface area contributed by atoms with E-state index in [9.17, 15) is 0 Å². The van der Waals surface area contributed by atoms with E-state index in [-0.39, 0.29) is 0 Å². The summed E-state index contributed by atoms with van der Waals surface area (Å²) in [7, 11) is 0. The fourth-order valence-corrected chi connectivity index (χ4v) is 2.17. The molecule has 1 aromatic carbocycles. The minimum absolute atomic E-state index is 0.411. The Morgan fingerprint density at radius 3 is 2.89 bits per heavy atom. The number of imidazole rings is 1. The van der Waals surface area contributed by atoms with Gasteiger partial charge in [0.1, 0.15) is 5.52 Å². The molecule has 0 aliphatic heterocycles. The van der Waals surface area contributed by atoms with E-state index in [1.54, 1.807) is 10.8 Å². The van der Waals surface area contributed by atoms with Crippen molar-refractivity contribution in [1.29, 1.82) is 0 Å². The summed E-state index contributed by atoms with van der Waals surface area (Å²) < 4.78 is 1.80. The maximum absolute atomic E-state index is 6.00. The molecule has 0 saturated carbocycles. The van der Waals surface area contributed by atoms with E-state index < -0.39 is 0 Å². The molecule has 2 heterocycles. The van der Waals surface area contributed by atoms with Gasteiger partial charge in [0.2, 0.25) is 5.95 Å². The van der Waals surface area contributed by atoms with Gasteiger partial charge in [-0.15, -0.1) is 0 Å². The van der Waals surface area contributed by atoms with Crippen molar-refractivity contribution in [1.82, 2.24) is 14.5 Å². The fourth-order valence-electron chi connectivity index (χ4n) is 1.98. The molecule has 0 radical (unpaired) electrons. The second kappa shape index (κ2) is 3.99. The Morgan fingerprint density at radius 1 is 1.28 bits per heavy atom. The number of nitrogens with two attached hydrogens (primary N) is 1. The number of pyridine rings is 1. The lowest BCUT2D eigenvalue weighted by atomic mass is 10.2. The Morgan fingerprint density at radius 2 is 2.11 bits per heavy atom. The van der Waals surface area contributed by atoms with Gasteiger partial charge in [0.05, 0.1) is 5.69 Å². The maximum Gasteiger partial charge on any atom is 0.207 e. The first-order valence-electron chi connectivity index (χ1n) is 5.52. The van der Waals surface area contributed by atoms with Crippen LogP contribution in [0.2, 0.25) is 5.02 Å². The third kappa shape index (κ3) is 1.62. The summed E-state index contributed by atoms with van der Waals surface area (Å²) in [6.07, 6.45) is 1.75. The van der Waals surface area contributed by atoms with Crippen LogP contribution in [0.4, 0.5) is 5.95 Å². The normalized spacial score (nSPS) is 11.0. The number of halogens is 1. The third-order valence-electron chi connectivity index (χ3n) is 2.84. The molecule has 0 fully saturated rings. The summed E-state index contributed by atoms with van der Waals surface area (Å²) in [6.45, 7) is 1.98. The molecule has 0 atom stereocenters. The Bertz CT molecular complexity index is 733. The highest BCUT2D eigenvalue weighted by Gasteiger charge is 2.12. The summed E-state index contributed by atoms with van der Waals surface area (Å²) in [6, 6.07) is 9.37. The van der Waals surface area contributed by atoms with Crippen molar-refractivity contribution in [2.45, 2.75) is 6.92 Å². The molecule has 0 bridgehead atoms. The van der Waals surface area contributed by atoms with Crippen molar-refractivity contribution in [3.63, 3.8) is 0 Å². The predicted molar refractivity (Wildman–Crippen MR) is 73.0 cm³/mol. The molecule has 0 aliphatic rings. The number of benzene rings is 1. The van der Waals surface area contributed by atoms with E-state index in [0.29, 0.717) is 11.0 Å². The van der Waals surface area contributed by atoms with Crippen molar-refractivity contribution in [2.24, 2.45) is 0 Å². The minimum atomic E-state index is 0.411. The van der Waals surface area contributed by atoms with Crippen LogP contribution in [-0.2, 0) is 0 Å². The van der Waals surface area contributed by atoms with Crippen LogP contribution in [0.3, 0.4) is 0 Å². The first kappa shape index (κ1) is 11.0. The molecule has 5 heteroatoms. The molecule has 3 aromatic rings. The Balaban J connectivity index is 2.36. The number of hydrogen-bond donors (Lipinski definition) is 1. The van der Waals surface area contributed by atoms with E-state index in [4.69, 9.17) is 17.3 Å². The van der Waals surface area contributed by atoms with Crippen molar-refractivity contribution in [3.8, 4) is 5.69 Å². The second-order valence-electron chi connectivity index (χ2n) is 4.09. The van der Waals surface area contributed by atoms with Crippen LogP contribution >= 0.6 is 11.6 Å². The second-order valence-corrected chi connectivity index (χ2v) is 4.52. The van der Waals surface area contributed by atoms with E-state index in [0.717, 1.165) is 22.4 Å². The van der Waals surface area contributed by atoms with Gasteiger partial charge >= 0.3 is 0 Å². The minimum Gasteiger partial charge on any atom is -0.369 e. The Kier molecular flexibility index (Phi) is 2.45. The lowest BCUT2D eigenvalue weighted by molar-refractivity contribution is 1.08. The standard InChI is InChI=1S/C13H11ClN4/c1-8-5-6-16-12-11(8)17-13(15)18(12)10-4-2-3-9(14)7-10/h2-7H,1H3,(H2,15,17). The molecule has 90 valence electrons. The van der Waals surface area contributed by atoms with Crippen LogP contribution in [0.25, 0.3) is 16.9 Å². The number of aromatic nitrogens is 3. The van der Waals surface area contributed by atoms with Crippen molar-refractivity contribution in [2.75, 3.05) is 5.73 Å². The van der Waals surface area contributed by atoms with E-state index in [2.05, 4.69) is 9.97 Å². The summed E-state index contributed by atoms with van der Waals surface area (Å²) in [5.74, 6) is 0.411. The van der Waals surface area contributed by atoms with Crippen molar-refractivity contribution < 1.29 is 0 Å². The molecule has 4 nitrogen and oxygen atoms in total. The monoisotopic (exact) mass is 258 g/mol. The van der Waals surface area contributed by atoms with E-state index >= 15 is 0 Å². The SMILES string of the molecule is Cc1ccnc2c1nc(N)n2-c1cccc(Cl)c1. The Hall–Kier alpha value is -2.07. The van der Waals surface area contributed by atoms with Crippen LogP contribution < -0.4 is 5.73 Å². The van der Waals surface area contributed by atoms with Gasteiger partial charge in [0, 0.05) is 11.2 Å². The van der Waals surface area contributed by atoms with E-state index in [1.165, 1.54) is 0 Å². The van der Waals surface area contributed by atoms with Gasteiger partial charge in [-0.25, -0.2) is 9.97 Å². The third-order valence-corrected chi connectivity index (χ3v) is 3.08. The van der Waals surface area contributed by atoms with Crippen LogP contribution in [0.1, 0.15) is 5.56 Å². The molecule has 2 aromatic heterocycles. The van der Waals surface area contributed by atoms with Gasteiger partial charge in [0.25, 0.3) is 0 Å². The lowest BCUT2D eigenvalue weighted by Crippen LogP contribution is -2.01. The number of nitrogens with zero attached hydrogens (tertiary/aromatic N) is 3. The van der Waals surface area contributed by atoms with Gasteiger partial charge in [-0.1, -0.05) is 17.7 Å². The Labute approximate surface area is 109 Å². The number of hydrogen-bond acceptors (Lipinski definition) is 3. The number of nitrogen functional groups attached to an aromatic ring is 1. The van der Waals surface area contributed by atoms with Crippen LogP contribution in [0.5, 0.6) is 0 Å². The van der Waals surface area contributed by atoms with Gasteiger partial charge < -0.3 is 5.73 Å². The number of anilines is 1. The molecule has 0 unspecified atom stereocenters. The molecule has 3 rings (SSSR count). The number of fused-ring (bicyclic) bond motifs is 1. The smallest absolute Gasteiger partial charge is 0.207 e. The molecule has 0 amide bonds. The quantitative estimate of drug-likeness (QED) is 0.730. The lowest BCUT2D eigenvalue weighted by Gasteiger charge is -2.05. The zero-order chi connectivity index (χ0) is 12.7. The average Bonchev–Trinajstić information content (AvgIpc) is 2.67. The van der Waals surface area contributed by atoms with Gasteiger partial charge in [0.15, 0.2) is 5.65 Å². The van der Waals surface area contributed by atoms with E-state index in [1.807, 2.05) is 37.3 Å². The van der Waals surface area contributed by atoms with Crippen LogP contribution in [0.15, 0.2) is 36.5 Å². The van der Waals surface area contributed by atoms with Gasteiger partial charge in [-0.3, -0.25) is 4.57 Å². The number of rotatable bonds is 1. The molecular weight excluding hydrogens is 248 g/mol. The summed E-state index contributed by atoms with van der Waals surface area (Å²) >= 11 is 6.00. The highest BCUT2D eigenvalue weighted by Crippen LogP contribution is 2.24. The zero-order valence-electron chi connectivity index (χ0n) is 9.76. The molecule has 2 N–H and O–H groups in total. The molecule has 0 spiro atoms. The van der Waals surface area contributed by atoms with Gasteiger partial charge in [-0.2, -0.15) is 0 Å². The highest BCUT2D eigenvalue weighted by atomic mass is 35.5. The maximum atomic E-state index is 6.00. The zero-order valence-corrected chi connectivity index (χ0v) is 10.5. The topological polar surface area (TPSA) is 56.7 Å². The highest BCUT2D eigenvalue weighted by molar-refractivity contribution is 6.30. The summed E-state index contributed by atoms with van der Waals surface area (Å²) in [4.78, 5) is 8.70.